The Labute approximate surface area is 139 Å². The van der Waals surface area contributed by atoms with Crippen molar-refractivity contribution < 1.29 is 5.11 Å². The molecule has 2 aromatic rings. The minimum absolute atomic E-state index is 0.282. The predicted molar refractivity (Wildman–Crippen MR) is 99.5 cm³/mol. The molecule has 0 aliphatic carbocycles. The summed E-state index contributed by atoms with van der Waals surface area (Å²) in [5.41, 5.74) is 3.82. The first kappa shape index (κ1) is 17.3. The lowest BCUT2D eigenvalue weighted by atomic mass is 9.97. The number of rotatable bonds is 7. The third-order valence-electron chi connectivity index (χ3n) is 4.19. The molecule has 2 aromatic carbocycles. The van der Waals surface area contributed by atoms with Crippen molar-refractivity contribution in [2.45, 2.75) is 52.5 Å². The second-order valence-corrected chi connectivity index (χ2v) is 6.18. The summed E-state index contributed by atoms with van der Waals surface area (Å²) in [7, 11) is 0. The number of hydrogen-bond donors (Lipinski definition) is 1. The summed E-state index contributed by atoms with van der Waals surface area (Å²) < 4.78 is 0. The zero-order valence-electron chi connectivity index (χ0n) is 14.4. The molecule has 0 saturated heterocycles. The van der Waals surface area contributed by atoms with Crippen LogP contribution < -0.4 is 0 Å². The summed E-state index contributed by atoms with van der Waals surface area (Å²) >= 11 is 0. The number of benzene rings is 2. The lowest BCUT2D eigenvalue weighted by Crippen LogP contribution is -2.00. The van der Waals surface area contributed by atoms with Gasteiger partial charge in [-0.15, -0.1) is 0 Å². The van der Waals surface area contributed by atoms with E-state index in [9.17, 15) is 5.11 Å². The first-order valence-electron chi connectivity index (χ1n) is 8.54. The predicted octanol–water partition coefficient (Wildman–Crippen LogP) is 5.76. The summed E-state index contributed by atoms with van der Waals surface area (Å²) in [6.45, 7) is 6.28. The van der Waals surface area contributed by atoms with Crippen molar-refractivity contribution in [2.24, 2.45) is 4.99 Å². The van der Waals surface area contributed by atoms with Gasteiger partial charge in [0.2, 0.25) is 0 Å². The van der Waals surface area contributed by atoms with Gasteiger partial charge in [-0.2, -0.15) is 0 Å². The Morgan fingerprint density at radius 3 is 2.52 bits per heavy atom. The smallest absolute Gasteiger partial charge is 0.127 e. The van der Waals surface area contributed by atoms with Gasteiger partial charge in [0.05, 0.1) is 0 Å². The molecular formula is C21H27NO. The van der Waals surface area contributed by atoms with Gasteiger partial charge < -0.3 is 5.11 Å². The quantitative estimate of drug-likeness (QED) is 0.512. The Hall–Kier alpha value is -2.09. The van der Waals surface area contributed by atoms with Gasteiger partial charge in [0.15, 0.2) is 0 Å². The number of hydrogen-bond acceptors (Lipinski definition) is 2. The van der Waals surface area contributed by atoms with E-state index in [2.05, 4.69) is 37.0 Å². The van der Waals surface area contributed by atoms with Gasteiger partial charge in [-0.1, -0.05) is 68.7 Å². The Morgan fingerprint density at radius 1 is 1.09 bits per heavy atom. The van der Waals surface area contributed by atoms with Gasteiger partial charge in [0.1, 0.15) is 5.75 Å². The number of unbranched alkanes of at least 4 members (excludes halogenated alkanes) is 2. The van der Waals surface area contributed by atoms with E-state index in [4.69, 9.17) is 0 Å². The number of aromatic hydroxyl groups is 1. The number of nitrogens with zero attached hydrogens (tertiary/aromatic N) is 1. The van der Waals surface area contributed by atoms with Crippen LogP contribution in [-0.2, 0) is 0 Å². The molecule has 0 amide bonds. The summed E-state index contributed by atoms with van der Waals surface area (Å²) in [6, 6.07) is 14.5. The SMILES string of the molecule is CCCCCC(C)N=Cc1c(-c2ccccc2)ccc(C)c1O. The molecular weight excluding hydrogens is 282 g/mol. The molecule has 1 unspecified atom stereocenters. The van der Waals surface area contributed by atoms with Crippen molar-refractivity contribution in [3.05, 3.63) is 53.6 Å². The average molecular weight is 309 g/mol. The van der Waals surface area contributed by atoms with Gasteiger partial charge in [0, 0.05) is 17.8 Å². The van der Waals surface area contributed by atoms with Crippen LogP contribution in [0, 0.1) is 6.92 Å². The highest BCUT2D eigenvalue weighted by atomic mass is 16.3. The van der Waals surface area contributed by atoms with E-state index < -0.39 is 0 Å². The first-order valence-corrected chi connectivity index (χ1v) is 8.54. The van der Waals surface area contributed by atoms with Crippen LogP contribution in [-0.4, -0.2) is 17.4 Å². The molecule has 2 nitrogen and oxygen atoms in total. The third-order valence-corrected chi connectivity index (χ3v) is 4.19. The van der Waals surface area contributed by atoms with Crippen LogP contribution in [0.25, 0.3) is 11.1 Å². The van der Waals surface area contributed by atoms with E-state index in [0.717, 1.165) is 28.7 Å². The second-order valence-electron chi connectivity index (χ2n) is 6.18. The van der Waals surface area contributed by atoms with Crippen LogP contribution in [0.3, 0.4) is 0 Å². The van der Waals surface area contributed by atoms with Crippen molar-refractivity contribution in [1.29, 1.82) is 0 Å². The van der Waals surface area contributed by atoms with Crippen LogP contribution >= 0.6 is 0 Å². The molecule has 2 heteroatoms. The molecule has 0 saturated carbocycles. The van der Waals surface area contributed by atoms with Gasteiger partial charge in [-0.25, -0.2) is 0 Å². The van der Waals surface area contributed by atoms with Crippen molar-refractivity contribution in [1.82, 2.24) is 0 Å². The van der Waals surface area contributed by atoms with E-state index in [1.807, 2.05) is 37.4 Å². The second kappa shape index (κ2) is 8.52. The summed E-state index contributed by atoms with van der Waals surface area (Å²) in [5, 5.41) is 10.5. The van der Waals surface area contributed by atoms with Crippen molar-refractivity contribution >= 4 is 6.21 Å². The maximum atomic E-state index is 10.5. The van der Waals surface area contributed by atoms with Crippen LogP contribution in [0.1, 0.15) is 50.7 Å². The Balaban J connectivity index is 2.28. The first-order chi connectivity index (χ1) is 11.1. The van der Waals surface area contributed by atoms with E-state index in [-0.39, 0.29) is 6.04 Å². The molecule has 0 bridgehead atoms. The van der Waals surface area contributed by atoms with Crippen LogP contribution in [0.2, 0.25) is 0 Å². The molecule has 0 aliphatic rings. The number of phenolic OH excluding ortho intramolecular Hbond substituents is 1. The molecule has 1 N–H and O–H groups in total. The maximum Gasteiger partial charge on any atom is 0.127 e. The van der Waals surface area contributed by atoms with E-state index >= 15 is 0 Å². The van der Waals surface area contributed by atoms with Crippen molar-refractivity contribution in [3.63, 3.8) is 0 Å². The fourth-order valence-corrected chi connectivity index (χ4v) is 2.68. The lowest BCUT2D eigenvalue weighted by Gasteiger charge is -2.12. The Morgan fingerprint density at radius 2 is 1.83 bits per heavy atom. The average Bonchev–Trinajstić information content (AvgIpc) is 2.57. The number of phenols is 1. The zero-order chi connectivity index (χ0) is 16.7. The van der Waals surface area contributed by atoms with E-state index in [1.165, 1.54) is 19.3 Å². The summed E-state index contributed by atoms with van der Waals surface area (Å²) in [5.74, 6) is 0.330. The molecule has 0 radical (unpaired) electrons. The van der Waals surface area contributed by atoms with Gasteiger partial charge in [-0.3, -0.25) is 4.99 Å². The largest absolute Gasteiger partial charge is 0.507 e. The summed E-state index contributed by atoms with van der Waals surface area (Å²) in [4.78, 5) is 4.67. The van der Waals surface area contributed by atoms with E-state index in [1.54, 1.807) is 0 Å². The molecule has 0 heterocycles. The van der Waals surface area contributed by atoms with Crippen LogP contribution in [0.15, 0.2) is 47.5 Å². The van der Waals surface area contributed by atoms with Crippen molar-refractivity contribution in [2.75, 3.05) is 0 Å². The topological polar surface area (TPSA) is 32.6 Å². The Bertz CT molecular complexity index is 646. The number of aliphatic imine (C=N–C) groups is 1. The van der Waals surface area contributed by atoms with Crippen molar-refractivity contribution in [3.8, 4) is 16.9 Å². The van der Waals surface area contributed by atoms with Gasteiger partial charge in [-0.05, 0) is 37.0 Å². The third kappa shape index (κ3) is 4.69. The normalized spacial score (nSPS) is 12.7. The van der Waals surface area contributed by atoms with Gasteiger partial charge >= 0.3 is 0 Å². The molecule has 0 aliphatic heterocycles. The molecule has 0 aromatic heterocycles. The minimum Gasteiger partial charge on any atom is -0.507 e. The lowest BCUT2D eigenvalue weighted by molar-refractivity contribution is 0.470. The summed E-state index contributed by atoms with van der Waals surface area (Å²) in [6.07, 6.45) is 6.64. The fraction of sp³-hybridized carbons (Fsp3) is 0.381. The van der Waals surface area contributed by atoms with Crippen LogP contribution in [0.5, 0.6) is 5.75 Å². The molecule has 2 rings (SSSR count). The molecule has 0 fully saturated rings. The molecule has 0 spiro atoms. The highest BCUT2D eigenvalue weighted by molar-refractivity contribution is 5.94. The van der Waals surface area contributed by atoms with Crippen LogP contribution in [0.4, 0.5) is 0 Å². The monoisotopic (exact) mass is 309 g/mol. The zero-order valence-corrected chi connectivity index (χ0v) is 14.4. The fourth-order valence-electron chi connectivity index (χ4n) is 2.68. The van der Waals surface area contributed by atoms with E-state index in [0.29, 0.717) is 5.75 Å². The standard InChI is InChI=1S/C21H27NO/c1-4-5-7-10-17(3)22-15-20-19(14-13-16(2)21(20)23)18-11-8-6-9-12-18/h6,8-9,11-15,17,23H,4-5,7,10H2,1-3H3. The highest BCUT2D eigenvalue weighted by Gasteiger charge is 2.10. The maximum absolute atomic E-state index is 10.5. The molecule has 1 atom stereocenters. The Kier molecular flexibility index (Phi) is 6.40. The van der Waals surface area contributed by atoms with Gasteiger partial charge in [0.25, 0.3) is 0 Å². The number of aryl methyl sites for hydroxylation is 1. The molecule has 23 heavy (non-hydrogen) atoms. The minimum atomic E-state index is 0.282. The molecule has 122 valence electrons. The highest BCUT2D eigenvalue weighted by Crippen LogP contribution is 2.31.